The molecule has 4 heteroatoms. The van der Waals surface area contributed by atoms with Gasteiger partial charge in [0.05, 0.1) is 0 Å². The van der Waals surface area contributed by atoms with Crippen LogP contribution < -0.4 is 10.6 Å². The Balaban J connectivity index is 4.25. The van der Waals surface area contributed by atoms with Gasteiger partial charge < -0.3 is 5.32 Å². The zero-order valence-corrected chi connectivity index (χ0v) is 10.5. The third-order valence-corrected chi connectivity index (χ3v) is 1.71. The summed E-state index contributed by atoms with van der Waals surface area (Å²) in [5, 5.41) is 4.97. The van der Waals surface area contributed by atoms with Crippen molar-refractivity contribution in [1.82, 2.24) is 10.6 Å². The molecule has 2 N–H and O–H groups in total. The highest BCUT2D eigenvalue weighted by Gasteiger charge is 2.27. The Morgan fingerprint density at radius 3 is 1.87 bits per heavy atom. The zero-order valence-electron chi connectivity index (χ0n) is 10.5. The minimum atomic E-state index is -0.434. The number of hydrogen-bond donors (Lipinski definition) is 2. The lowest BCUT2D eigenvalue weighted by Crippen LogP contribution is -2.50. The van der Waals surface area contributed by atoms with Gasteiger partial charge in [-0.1, -0.05) is 20.8 Å². The van der Waals surface area contributed by atoms with Crippen LogP contribution in [0.2, 0.25) is 0 Å². The van der Waals surface area contributed by atoms with E-state index in [9.17, 15) is 9.59 Å². The lowest BCUT2D eigenvalue weighted by atomic mass is 9.82. The number of rotatable bonds is 2. The van der Waals surface area contributed by atoms with Crippen molar-refractivity contribution >= 4 is 11.9 Å². The van der Waals surface area contributed by atoms with Crippen molar-refractivity contribution < 1.29 is 9.59 Å². The first-order valence-corrected chi connectivity index (χ1v) is 5.12. The van der Waals surface area contributed by atoms with Crippen molar-refractivity contribution in [2.45, 2.75) is 53.5 Å². The molecule has 0 saturated carbocycles. The van der Waals surface area contributed by atoms with E-state index >= 15 is 0 Å². The molecule has 15 heavy (non-hydrogen) atoms. The summed E-state index contributed by atoms with van der Waals surface area (Å²) in [6.45, 7) is 11.5. The standard InChI is InChI=1S/C11H22N2O2/c1-8(14)12-9(15)13-11(5,6)7-10(2,3)4/h7H2,1-6H3,(H2,12,13,14,15). The van der Waals surface area contributed by atoms with E-state index in [2.05, 4.69) is 31.4 Å². The van der Waals surface area contributed by atoms with Crippen molar-refractivity contribution in [3.05, 3.63) is 0 Å². The average molecular weight is 214 g/mol. The Hall–Kier alpha value is -1.06. The summed E-state index contributed by atoms with van der Waals surface area (Å²) < 4.78 is 0. The topological polar surface area (TPSA) is 58.2 Å². The summed E-state index contributed by atoms with van der Waals surface area (Å²) in [5.74, 6) is -0.348. The third-order valence-electron chi connectivity index (χ3n) is 1.71. The van der Waals surface area contributed by atoms with Gasteiger partial charge in [-0.05, 0) is 25.7 Å². The second-order valence-electron chi connectivity index (χ2n) is 5.76. The second kappa shape index (κ2) is 4.64. The monoisotopic (exact) mass is 214 g/mol. The first kappa shape index (κ1) is 13.9. The fraction of sp³-hybridized carbons (Fsp3) is 0.818. The molecule has 0 aromatic carbocycles. The molecule has 0 fully saturated rings. The Morgan fingerprint density at radius 1 is 1.07 bits per heavy atom. The van der Waals surface area contributed by atoms with Crippen molar-refractivity contribution in [2.24, 2.45) is 5.41 Å². The Morgan fingerprint density at radius 2 is 1.53 bits per heavy atom. The number of amides is 3. The maximum atomic E-state index is 11.3. The van der Waals surface area contributed by atoms with E-state index in [1.165, 1.54) is 6.92 Å². The molecule has 0 aromatic heterocycles. The number of hydrogen-bond acceptors (Lipinski definition) is 2. The van der Waals surface area contributed by atoms with Gasteiger partial charge in [0.1, 0.15) is 0 Å². The predicted molar refractivity (Wildman–Crippen MR) is 60.5 cm³/mol. The molecule has 0 spiro atoms. The average Bonchev–Trinajstić information content (AvgIpc) is 1.73. The molecule has 0 bridgehead atoms. The van der Waals surface area contributed by atoms with Crippen molar-refractivity contribution in [3.8, 4) is 0 Å². The molecule has 0 unspecified atom stereocenters. The number of carbonyl (C=O) groups excluding carboxylic acids is 2. The summed E-state index contributed by atoms with van der Waals surface area (Å²) in [5.41, 5.74) is -0.190. The molecule has 4 nitrogen and oxygen atoms in total. The molecule has 0 aliphatic rings. The van der Waals surface area contributed by atoms with Crippen LogP contribution >= 0.6 is 0 Å². The molecule has 0 aromatic rings. The summed E-state index contributed by atoms with van der Waals surface area (Å²) >= 11 is 0. The molecule has 88 valence electrons. The molecule has 0 saturated heterocycles. The van der Waals surface area contributed by atoms with Crippen molar-refractivity contribution in [1.29, 1.82) is 0 Å². The van der Waals surface area contributed by atoms with E-state index in [1.54, 1.807) is 0 Å². The summed E-state index contributed by atoms with van der Waals surface area (Å²) in [7, 11) is 0. The van der Waals surface area contributed by atoms with Gasteiger partial charge in [-0.3, -0.25) is 10.1 Å². The summed E-state index contributed by atoms with van der Waals surface area (Å²) in [4.78, 5) is 22.0. The van der Waals surface area contributed by atoms with Gasteiger partial charge in [0.2, 0.25) is 5.91 Å². The fourth-order valence-corrected chi connectivity index (χ4v) is 1.87. The quantitative estimate of drug-likeness (QED) is 0.739. The van der Waals surface area contributed by atoms with E-state index in [1.807, 2.05) is 13.8 Å². The third kappa shape index (κ3) is 7.97. The first-order valence-electron chi connectivity index (χ1n) is 5.12. The SMILES string of the molecule is CC(=O)NC(=O)NC(C)(C)CC(C)(C)C. The molecule has 0 radical (unpaired) electrons. The highest BCUT2D eigenvalue weighted by Crippen LogP contribution is 2.26. The fourth-order valence-electron chi connectivity index (χ4n) is 1.87. The minimum absolute atomic E-state index is 0.132. The van der Waals surface area contributed by atoms with Crippen molar-refractivity contribution in [3.63, 3.8) is 0 Å². The van der Waals surface area contributed by atoms with Gasteiger partial charge in [-0.15, -0.1) is 0 Å². The van der Waals surface area contributed by atoms with Crippen LogP contribution in [0.4, 0.5) is 4.79 Å². The van der Waals surface area contributed by atoms with Crippen LogP contribution in [0.3, 0.4) is 0 Å². The molecular formula is C11H22N2O2. The highest BCUT2D eigenvalue weighted by atomic mass is 16.2. The summed E-state index contributed by atoms with van der Waals surface area (Å²) in [6, 6.07) is -0.434. The van der Waals surface area contributed by atoms with E-state index < -0.39 is 6.03 Å². The van der Waals surface area contributed by atoms with E-state index in [0.29, 0.717) is 0 Å². The molecule has 0 rings (SSSR count). The van der Waals surface area contributed by atoms with Crippen LogP contribution in [0.5, 0.6) is 0 Å². The maximum Gasteiger partial charge on any atom is 0.321 e. The predicted octanol–water partition coefficient (Wildman–Crippen LogP) is 2.05. The van der Waals surface area contributed by atoms with E-state index in [-0.39, 0.29) is 16.9 Å². The van der Waals surface area contributed by atoms with Gasteiger partial charge in [-0.25, -0.2) is 4.79 Å². The smallest absolute Gasteiger partial charge is 0.321 e. The number of urea groups is 1. The van der Waals surface area contributed by atoms with Crippen LogP contribution in [-0.2, 0) is 4.79 Å². The summed E-state index contributed by atoms with van der Waals surface area (Å²) in [6.07, 6.45) is 0.839. The lowest BCUT2D eigenvalue weighted by molar-refractivity contribution is -0.117. The van der Waals surface area contributed by atoms with Gasteiger partial charge in [-0.2, -0.15) is 0 Å². The molecule has 0 aliphatic carbocycles. The van der Waals surface area contributed by atoms with Crippen molar-refractivity contribution in [2.75, 3.05) is 0 Å². The highest BCUT2D eigenvalue weighted by molar-refractivity contribution is 5.93. The first-order chi connectivity index (χ1) is 6.52. The van der Waals surface area contributed by atoms with Crippen LogP contribution in [0.15, 0.2) is 0 Å². The number of carbonyl (C=O) groups is 2. The largest absolute Gasteiger partial charge is 0.333 e. The maximum absolute atomic E-state index is 11.3. The molecule has 0 aliphatic heterocycles. The lowest BCUT2D eigenvalue weighted by Gasteiger charge is -2.33. The molecular weight excluding hydrogens is 192 g/mol. The normalized spacial score (nSPS) is 12.1. The second-order valence-corrected chi connectivity index (χ2v) is 5.76. The van der Waals surface area contributed by atoms with Crippen LogP contribution in [0.1, 0.15) is 48.0 Å². The van der Waals surface area contributed by atoms with Crippen LogP contribution in [0.25, 0.3) is 0 Å². The van der Waals surface area contributed by atoms with Crippen LogP contribution in [0, 0.1) is 5.41 Å². The molecule has 0 atom stereocenters. The Kier molecular flexibility index (Phi) is 4.31. The Labute approximate surface area is 91.8 Å². The molecule has 3 amide bonds. The van der Waals surface area contributed by atoms with E-state index in [0.717, 1.165) is 6.42 Å². The van der Waals surface area contributed by atoms with Gasteiger partial charge in [0, 0.05) is 12.5 Å². The van der Waals surface area contributed by atoms with Gasteiger partial charge >= 0.3 is 6.03 Å². The zero-order chi connectivity index (χ0) is 12.3. The van der Waals surface area contributed by atoms with Crippen LogP contribution in [-0.4, -0.2) is 17.5 Å². The number of nitrogens with one attached hydrogen (secondary N) is 2. The minimum Gasteiger partial charge on any atom is -0.333 e. The number of imide groups is 1. The van der Waals surface area contributed by atoms with Gasteiger partial charge in [0.15, 0.2) is 0 Å². The molecule has 0 heterocycles. The Bertz CT molecular complexity index is 252. The van der Waals surface area contributed by atoms with Gasteiger partial charge in [0.25, 0.3) is 0 Å². The van der Waals surface area contributed by atoms with E-state index in [4.69, 9.17) is 0 Å².